The molecule has 0 unspecified atom stereocenters. The molecule has 3 nitrogen and oxygen atoms in total. The minimum Gasteiger partial charge on any atom is -0.311 e. The zero-order valence-electron chi connectivity index (χ0n) is 10.1. The van der Waals surface area contributed by atoms with Crippen LogP contribution in [-0.4, -0.2) is 36.6 Å². The van der Waals surface area contributed by atoms with Crippen molar-refractivity contribution < 1.29 is 0 Å². The van der Waals surface area contributed by atoms with Crippen molar-refractivity contribution in [3.8, 4) is 0 Å². The summed E-state index contributed by atoms with van der Waals surface area (Å²) in [5, 5.41) is 4.61. The highest BCUT2D eigenvalue weighted by atomic mass is 32.1. The fourth-order valence-electron chi connectivity index (χ4n) is 1.37. The van der Waals surface area contributed by atoms with E-state index in [1.807, 2.05) is 0 Å². The Morgan fingerprint density at radius 1 is 1.40 bits per heavy atom. The summed E-state index contributed by atoms with van der Waals surface area (Å²) in [7, 11) is 2.14. The molecule has 0 atom stereocenters. The van der Waals surface area contributed by atoms with Crippen LogP contribution in [0.2, 0.25) is 0 Å². The van der Waals surface area contributed by atoms with Gasteiger partial charge in [0.2, 0.25) is 0 Å². The molecule has 4 heteroatoms. The van der Waals surface area contributed by atoms with Gasteiger partial charge in [0.05, 0.1) is 10.7 Å². The van der Waals surface area contributed by atoms with Gasteiger partial charge in [-0.15, -0.1) is 11.3 Å². The maximum Gasteiger partial charge on any atom is 0.0900 e. The molecule has 0 aliphatic rings. The molecule has 0 radical (unpaired) electrons. The Kier molecular flexibility index (Phi) is 5.22. The third-order valence-electron chi connectivity index (χ3n) is 2.50. The summed E-state index contributed by atoms with van der Waals surface area (Å²) in [4.78, 5) is 8.08. The van der Waals surface area contributed by atoms with Crippen LogP contribution >= 0.6 is 11.3 Å². The topological polar surface area (TPSA) is 28.2 Å². The average Bonchev–Trinajstić information content (AvgIpc) is 2.52. The molecule has 0 saturated heterocycles. The van der Waals surface area contributed by atoms with Gasteiger partial charge in [0, 0.05) is 24.5 Å². The monoisotopic (exact) mass is 227 g/mol. The molecule has 86 valence electrons. The molecule has 0 amide bonds. The molecule has 0 spiro atoms. The highest BCUT2D eigenvalue weighted by molar-refractivity contribution is 7.11. The van der Waals surface area contributed by atoms with Crippen LogP contribution in [0.4, 0.5) is 0 Å². The SMILES string of the molecule is CCN(C)CCNCc1sc(C)nc1C. The molecule has 15 heavy (non-hydrogen) atoms. The number of nitrogens with one attached hydrogen (secondary N) is 1. The van der Waals surface area contributed by atoms with Gasteiger partial charge < -0.3 is 10.2 Å². The van der Waals surface area contributed by atoms with E-state index in [0.29, 0.717) is 0 Å². The van der Waals surface area contributed by atoms with Crippen molar-refractivity contribution in [1.29, 1.82) is 0 Å². The zero-order valence-corrected chi connectivity index (χ0v) is 10.9. The molecular formula is C11H21N3S. The summed E-state index contributed by atoms with van der Waals surface area (Å²) in [5.41, 5.74) is 1.17. The number of rotatable bonds is 6. The van der Waals surface area contributed by atoms with E-state index in [-0.39, 0.29) is 0 Å². The lowest BCUT2D eigenvalue weighted by Crippen LogP contribution is -2.28. The Bertz CT molecular complexity index is 296. The standard InChI is InChI=1S/C11H21N3S/c1-5-14(4)7-6-12-8-11-9(2)13-10(3)15-11/h12H,5-8H2,1-4H3. The van der Waals surface area contributed by atoms with Gasteiger partial charge in [-0.2, -0.15) is 0 Å². The molecule has 1 N–H and O–H groups in total. The quantitative estimate of drug-likeness (QED) is 0.751. The number of hydrogen-bond acceptors (Lipinski definition) is 4. The molecule has 1 aromatic heterocycles. The maximum absolute atomic E-state index is 4.41. The lowest BCUT2D eigenvalue weighted by atomic mass is 10.4. The van der Waals surface area contributed by atoms with Crippen molar-refractivity contribution in [2.75, 3.05) is 26.7 Å². The van der Waals surface area contributed by atoms with Crippen LogP contribution in [0.15, 0.2) is 0 Å². The molecule has 0 aliphatic carbocycles. The Balaban J connectivity index is 2.23. The summed E-state index contributed by atoms with van der Waals surface area (Å²) >= 11 is 1.79. The van der Waals surface area contributed by atoms with Gasteiger partial charge in [-0.05, 0) is 27.4 Å². The fourth-order valence-corrected chi connectivity index (χ4v) is 2.27. The van der Waals surface area contributed by atoms with Crippen LogP contribution in [-0.2, 0) is 6.54 Å². The number of hydrogen-bond donors (Lipinski definition) is 1. The van der Waals surface area contributed by atoms with E-state index in [1.54, 1.807) is 11.3 Å². The predicted molar refractivity (Wildman–Crippen MR) is 66.5 cm³/mol. The molecule has 1 rings (SSSR count). The Morgan fingerprint density at radius 3 is 2.67 bits per heavy atom. The molecule has 0 aromatic carbocycles. The Morgan fingerprint density at radius 2 is 2.13 bits per heavy atom. The predicted octanol–water partition coefficient (Wildman–Crippen LogP) is 1.80. The molecule has 0 bridgehead atoms. The second-order valence-electron chi connectivity index (χ2n) is 3.81. The van der Waals surface area contributed by atoms with Gasteiger partial charge in [-0.1, -0.05) is 6.92 Å². The van der Waals surface area contributed by atoms with E-state index in [9.17, 15) is 0 Å². The first-order valence-electron chi connectivity index (χ1n) is 5.45. The third kappa shape index (κ3) is 4.28. The van der Waals surface area contributed by atoms with Crippen molar-refractivity contribution in [3.05, 3.63) is 15.6 Å². The summed E-state index contributed by atoms with van der Waals surface area (Å²) in [6.07, 6.45) is 0. The van der Waals surface area contributed by atoms with Crippen molar-refractivity contribution in [2.24, 2.45) is 0 Å². The molecule has 1 heterocycles. The first kappa shape index (κ1) is 12.6. The first-order valence-corrected chi connectivity index (χ1v) is 6.27. The van der Waals surface area contributed by atoms with Crippen molar-refractivity contribution in [3.63, 3.8) is 0 Å². The van der Waals surface area contributed by atoms with Gasteiger partial charge in [-0.3, -0.25) is 0 Å². The normalized spacial score (nSPS) is 11.3. The summed E-state index contributed by atoms with van der Waals surface area (Å²) in [6, 6.07) is 0. The Hall–Kier alpha value is -0.450. The Labute approximate surface area is 96.5 Å². The largest absolute Gasteiger partial charge is 0.311 e. The van der Waals surface area contributed by atoms with Gasteiger partial charge in [-0.25, -0.2) is 4.98 Å². The van der Waals surface area contributed by atoms with Crippen molar-refractivity contribution in [2.45, 2.75) is 27.3 Å². The zero-order chi connectivity index (χ0) is 11.3. The van der Waals surface area contributed by atoms with E-state index in [2.05, 4.69) is 43.0 Å². The summed E-state index contributed by atoms with van der Waals surface area (Å²) < 4.78 is 0. The number of aromatic nitrogens is 1. The van der Waals surface area contributed by atoms with Gasteiger partial charge >= 0.3 is 0 Å². The maximum atomic E-state index is 4.41. The summed E-state index contributed by atoms with van der Waals surface area (Å²) in [6.45, 7) is 10.5. The minimum absolute atomic E-state index is 0.953. The van der Waals surface area contributed by atoms with E-state index in [4.69, 9.17) is 0 Å². The van der Waals surface area contributed by atoms with E-state index < -0.39 is 0 Å². The highest BCUT2D eigenvalue weighted by Crippen LogP contribution is 2.16. The lowest BCUT2D eigenvalue weighted by molar-refractivity contribution is 0.349. The van der Waals surface area contributed by atoms with Crippen LogP contribution in [0, 0.1) is 13.8 Å². The minimum atomic E-state index is 0.953. The molecule has 0 saturated carbocycles. The van der Waals surface area contributed by atoms with Crippen LogP contribution in [0.25, 0.3) is 0 Å². The summed E-state index contributed by atoms with van der Waals surface area (Å²) in [5.74, 6) is 0. The van der Waals surface area contributed by atoms with E-state index >= 15 is 0 Å². The molecular weight excluding hydrogens is 206 g/mol. The molecule has 1 aromatic rings. The van der Waals surface area contributed by atoms with Crippen molar-refractivity contribution >= 4 is 11.3 Å². The highest BCUT2D eigenvalue weighted by Gasteiger charge is 2.03. The molecule has 0 fully saturated rings. The molecule has 0 aliphatic heterocycles. The number of nitrogens with zero attached hydrogens (tertiary/aromatic N) is 2. The number of aryl methyl sites for hydroxylation is 2. The van der Waals surface area contributed by atoms with Crippen LogP contribution in [0.3, 0.4) is 0 Å². The van der Waals surface area contributed by atoms with Crippen LogP contribution in [0.1, 0.15) is 22.5 Å². The average molecular weight is 227 g/mol. The number of likely N-dealkylation sites (N-methyl/N-ethyl adjacent to an activating group) is 1. The van der Waals surface area contributed by atoms with Gasteiger partial charge in [0.15, 0.2) is 0 Å². The smallest absolute Gasteiger partial charge is 0.0900 e. The second-order valence-corrected chi connectivity index (χ2v) is 5.10. The van der Waals surface area contributed by atoms with Crippen molar-refractivity contribution in [1.82, 2.24) is 15.2 Å². The lowest BCUT2D eigenvalue weighted by Gasteiger charge is -2.13. The van der Waals surface area contributed by atoms with Crippen LogP contribution in [0.5, 0.6) is 0 Å². The fraction of sp³-hybridized carbons (Fsp3) is 0.727. The van der Waals surface area contributed by atoms with Crippen LogP contribution < -0.4 is 5.32 Å². The number of thiazole rings is 1. The third-order valence-corrected chi connectivity index (χ3v) is 3.57. The first-order chi connectivity index (χ1) is 7.13. The van der Waals surface area contributed by atoms with E-state index in [0.717, 1.165) is 31.2 Å². The second kappa shape index (κ2) is 6.20. The van der Waals surface area contributed by atoms with E-state index in [1.165, 1.54) is 10.6 Å². The van der Waals surface area contributed by atoms with Gasteiger partial charge in [0.1, 0.15) is 0 Å². The van der Waals surface area contributed by atoms with Gasteiger partial charge in [0.25, 0.3) is 0 Å².